The lowest BCUT2D eigenvalue weighted by molar-refractivity contribution is 0.630. The summed E-state index contributed by atoms with van der Waals surface area (Å²) in [5.74, 6) is -0.00974. The molecule has 0 unspecified atom stereocenters. The monoisotopic (exact) mass is 261 g/mol. The Kier molecular flexibility index (Phi) is 2.52. The van der Waals surface area contributed by atoms with Crippen molar-refractivity contribution >= 4 is 22.8 Å². The van der Waals surface area contributed by atoms with E-state index in [9.17, 15) is 4.39 Å². The third-order valence-corrected chi connectivity index (χ3v) is 3.00. The summed E-state index contributed by atoms with van der Waals surface area (Å²) in [5.41, 5.74) is 2.45. The molecule has 0 saturated carbocycles. The molecule has 18 heavy (non-hydrogen) atoms. The fraction of sp³-hybridized carbons (Fsp3) is 0.0769. The van der Waals surface area contributed by atoms with Crippen LogP contribution in [0.1, 0.15) is 5.69 Å². The van der Waals surface area contributed by atoms with Crippen LogP contribution in [-0.2, 0) is 0 Å². The van der Waals surface area contributed by atoms with Crippen LogP contribution in [-0.4, -0.2) is 15.0 Å². The highest BCUT2D eigenvalue weighted by atomic mass is 35.5. The fourth-order valence-corrected chi connectivity index (χ4v) is 2.08. The standard InChI is InChI=1S/C13H9ClFN3/c1-7-5-6-10-12(16-7)18-13(17-10)11-8(14)3-2-4-9(11)15/h2-6H,1H3,(H,16,17,18). The number of aromatic nitrogens is 3. The number of hydrogen-bond acceptors (Lipinski definition) is 2. The number of H-pyrrole nitrogens is 1. The topological polar surface area (TPSA) is 41.6 Å². The second kappa shape index (κ2) is 4.07. The molecular weight excluding hydrogens is 253 g/mol. The van der Waals surface area contributed by atoms with Crippen molar-refractivity contribution in [3.8, 4) is 11.4 Å². The molecule has 3 nitrogen and oxygen atoms in total. The molecule has 90 valence electrons. The highest BCUT2D eigenvalue weighted by Gasteiger charge is 2.14. The predicted molar refractivity (Wildman–Crippen MR) is 69.0 cm³/mol. The van der Waals surface area contributed by atoms with Crippen LogP contribution < -0.4 is 0 Å². The summed E-state index contributed by atoms with van der Waals surface area (Å²) in [6.07, 6.45) is 0. The fourth-order valence-electron chi connectivity index (χ4n) is 1.83. The number of nitrogens with zero attached hydrogens (tertiary/aromatic N) is 2. The minimum Gasteiger partial charge on any atom is -0.336 e. The number of pyridine rings is 1. The third-order valence-electron chi connectivity index (χ3n) is 2.68. The van der Waals surface area contributed by atoms with Gasteiger partial charge in [0.2, 0.25) is 0 Å². The number of rotatable bonds is 1. The van der Waals surface area contributed by atoms with E-state index in [1.807, 2.05) is 19.1 Å². The maximum absolute atomic E-state index is 13.8. The van der Waals surface area contributed by atoms with Gasteiger partial charge in [-0.2, -0.15) is 0 Å². The van der Waals surface area contributed by atoms with Crippen LogP contribution in [0.2, 0.25) is 5.02 Å². The Labute approximate surface area is 108 Å². The molecule has 1 aromatic carbocycles. The van der Waals surface area contributed by atoms with E-state index in [0.717, 1.165) is 11.2 Å². The zero-order valence-electron chi connectivity index (χ0n) is 9.54. The summed E-state index contributed by atoms with van der Waals surface area (Å²) < 4.78 is 13.8. The number of nitrogens with one attached hydrogen (secondary N) is 1. The maximum Gasteiger partial charge on any atom is 0.178 e. The Hall–Kier alpha value is -1.94. The van der Waals surface area contributed by atoms with Gasteiger partial charge in [0.1, 0.15) is 11.6 Å². The van der Waals surface area contributed by atoms with Gasteiger partial charge in [-0.05, 0) is 31.2 Å². The molecule has 5 heteroatoms. The summed E-state index contributed by atoms with van der Waals surface area (Å²) in [6.45, 7) is 1.88. The van der Waals surface area contributed by atoms with E-state index in [1.54, 1.807) is 12.1 Å². The summed E-state index contributed by atoms with van der Waals surface area (Å²) in [7, 11) is 0. The quantitative estimate of drug-likeness (QED) is 0.725. The zero-order valence-corrected chi connectivity index (χ0v) is 10.3. The first-order valence-electron chi connectivity index (χ1n) is 5.43. The van der Waals surface area contributed by atoms with Gasteiger partial charge < -0.3 is 4.98 Å². The number of hydrogen-bond donors (Lipinski definition) is 1. The number of aromatic amines is 1. The molecule has 2 aromatic heterocycles. The van der Waals surface area contributed by atoms with Crippen molar-refractivity contribution < 1.29 is 4.39 Å². The Morgan fingerprint density at radius 1 is 1.17 bits per heavy atom. The van der Waals surface area contributed by atoms with Crippen LogP contribution in [0.15, 0.2) is 30.3 Å². The van der Waals surface area contributed by atoms with Gasteiger partial charge in [-0.3, -0.25) is 0 Å². The van der Waals surface area contributed by atoms with E-state index in [4.69, 9.17) is 11.6 Å². The lowest BCUT2D eigenvalue weighted by Gasteiger charge is -2.01. The molecule has 0 spiro atoms. The first kappa shape index (κ1) is 11.2. The number of benzene rings is 1. The molecule has 0 saturated heterocycles. The Morgan fingerprint density at radius 2 is 2.00 bits per heavy atom. The molecule has 3 rings (SSSR count). The van der Waals surface area contributed by atoms with Crippen molar-refractivity contribution in [3.63, 3.8) is 0 Å². The highest BCUT2D eigenvalue weighted by molar-refractivity contribution is 6.33. The average molecular weight is 262 g/mol. The lowest BCUT2D eigenvalue weighted by Crippen LogP contribution is -1.87. The number of imidazole rings is 1. The van der Waals surface area contributed by atoms with Crippen molar-refractivity contribution in [1.82, 2.24) is 15.0 Å². The van der Waals surface area contributed by atoms with Crippen molar-refractivity contribution in [3.05, 3.63) is 46.9 Å². The van der Waals surface area contributed by atoms with Gasteiger partial charge in [-0.1, -0.05) is 17.7 Å². The van der Waals surface area contributed by atoms with Crippen molar-refractivity contribution in [1.29, 1.82) is 0 Å². The molecule has 0 aliphatic heterocycles. The van der Waals surface area contributed by atoms with Crippen molar-refractivity contribution in [2.75, 3.05) is 0 Å². The van der Waals surface area contributed by atoms with Crippen molar-refractivity contribution in [2.45, 2.75) is 6.92 Å². The van der Waals surface area contributed by atoms with Crippen LogP contribution in [0.4, 0.5) is 4.39 Å². The number of fused-ring (bicyclic) bond motifs is 1. The summed E-state index contributed by atoms with van der Waals surface area (Å²) in [6, 6.07) is 8.28. The minimum atomic E-state index is -0.404. The van der Waals surface area contributed by atoms with Gasteiger partial charge in [0.05, 0.1) is 16.1 Å². The summed E-state index contributed by atoms with van der Waals surface area (Å²) in [5, 5.41) is 0.325. The molecule has 3 aromatic rings. The van der Waals surface area contributed by atoms with E-state index >= 15 is 0 Å². The first-order valence-corrected chi connectivity index (χ1v) is 5.81. The SMILES string of the molecule is Cc1ccc2[nH]c(-c3c(F)cccc3Cl)nc2n1. The average Bonchev–Trinajstić information content (AvgIpc) is 2.71. The number of halogens is 2. The van der Waals surface area contributed by atoms with Gasteiger partial charge in [0.25, 0.3) is 0 Å². The van der Waals surface area contributed by atoms with Crippen LogP contribution in [0, 0.1) is 12.7 Å². The molecule has 0 amide bonds. The molecular formula is C13H9ClFN3. The Balaban J connectivity index is 2.26. The van der Waals surface area contributed by atoms with Crippen LogP contribution >= 0.6 is 11.6 Å². The van der Waals surface area contributed by atoms with Gasteiger partial charge in [0, 0.05) is 5.69 Å². The summed E-state index contributed by atoms with van der Waals surface area (Å²) >= 11 is 6.00. The maximum atomic E-state index is 13.8. The third kappa shape index (κ3) is 1.75. The molecule has 0 atom stereocenters. The molecule has 0 aliphatic rings. The Bertz CT molecular complexity index is 716. The molecule has 0 bridgehead atoms. The van der Waals surface area contributed by atoms with Crippen molar-refractivity contribution in [2.24, 2.45) is 0 Å². The van der Waals surface area contributed by atoms with E-state index in [2.05, 4.69) is 15.0 Å². The lowest BCUT2D eigenvalue weighted by atomic mass is 10.2. The zero-order chi connectivity index (χ0) is 12.7. The van der Waals surface area contributed by atoms with E-state index in [0.29, 0.717) is 16.5 Å². The molecule has 0 fully saturated rings. The van der Waals surface area contributed by atoms with E-state index in [-0.39, 0.29) is 5.56 Å². The van der Waals surface area contributed by atoms with Crippen LogP contribution in [0.25, 0.3) is 22.6 Å². The largest absolute Gasteiger partial charge is 0.336 e. The molecule has 1 N–H and O–H groups in total. The second-order valence-corrected chi connectivity index (χ2v) is 4.41. The molecule has 0 radical (unpaired) electrons. The predicted octanol–water partition coefficient (Wildman–Crippen LogP) is 3.73. The van der Waals surface area contributed by atoms with E-state index < -0.39 is 5.82 Å². The smallest absolute Gasteiger partial charge is 0.178 e. The molecule has 0 aliphatic carbocycles. The van der Waals surface area contributed by atoms with Gasteiger partial charge in [-0.15, -0.1) is 0 Å². The normalized spacial score (nSPS) is 11.1. The minimum absolute atomic E-state index is 0.273. The highest BCUT2D eigenvalue weighted by Crippen LogP contribution is 2.29. The van der Waals surface area contributed by atoms with Gasteiger partial charge in [0.15, 0.2) is 5.65 Å². The Morgan fingerprint density at radius 3 is 2.78 bits per heavy atom. The van der Waals surface area contributed by atoms with Crippen LogP contribution in [0.5, 0.6) is 0 Å². The second-order valence-electron chi connectivity index (χ2n) is 4.01. The van der Waals surface area contributed by atoms with E-state index in [1.165, 1.54) is 6.07 Å². The summed E-state index contributed by atoms with van der Waals surface area (Å²) in [4.78, 5) is 11.6. The number of aryl methyl sites for hydroxylation is 1. The molecule has 2 heterocycles. The van der Waals surface area contributed by atoms with Gasteiger partial charge >= 0.3 is 0 Å². The van der Waals surface area contributed by atoms with Crippen LogP contribution in [0.3, 0.4) is 0 Å². The van der Waals surface area contributed by atoms with Gasteiger partial charge in [-0.25, -0.2) is 14.4 Å². The first-order chi connectivity index (χ1) is 8.65.